The lowest BCUT2D eigenvalue weighted by molar-refractivity contribution is -0.134. The predicted molar refractivity (Wildman–Crippen MR) is 97.8 cm³/mol. The van der Waals surface area contributed by atoms with Crippen molar-refractivity contribution < 1.29 is 7.54 Å². The summed E-state index contributed by atoms with van der Waals surface area (Å²) < 4.78 is 16.4. The second-order valence-corrected chi connectivity index (χ2v) is 6.78. The molecule has 24 heavy (non-hydrogen) atoms. The van der Waals surface area contributed by atoms with Crippen LogP contribution in [0.1, 0.15) is 27.7 Å². The van der Waals surface area contributed by atoms with E-state index in [1.807, 2.05) is 24.8 Å². The van der Waals surface area contributed by atoms with Crippen LogP contribution in [0.5, 0.6) is 0 Å². The van der Waals surface area contributed by atoms with E-state index in [1.165, 1.54) is 0 Å². The van der Waals surface area contributed by atoms with E-state index in [4.69, 9.17) is 2.74 Å². The van der Waals surface area contributed by atoms with Crippen molar-refractivity contribution in [2.75, 3.05) is 26.7 Å². The van der Waals surface area contributed by atoms with E-state index in [2.05, 4.69) is 23.0 Å². The van der Waals surface area contributed by atoms with Gasteiger partial charge in [-0.15, -0.1) is 0 Å². The minimum Gasteiger partial charge on any atom is -0.361 e. The number of likely N-dealkylation sites (N-methyl/N-ethyl adjacent to an activating group) is 1. The van der Waals surface area contributed by atoms with Gasteiger partial charge in [-0.25, -0.2) is 0 Å². The number of nitrogens with one attached hydrogen (secondary N) is 1. The van der Waals surface area contributed by atoms with E-state index in [0.29, 0.717) is 18.8 Å². The first-order valence-electron chi connectivity index (χ1n) is 9.77. The first-order chi connectivity index (χ1) is 12.4. The molecule has 0 radical (unpaired) electrons. The molecule has 1 aliphatic heterocycles. The Morgan fingerprint density at radius 2 is 2.21 bits per heavy atom. The van der Waals surface area contributed by atoms with Crippen molar-refractivity contribution >= 4 is 22.4 Å². The Hall–Kier alpha value is -2.07. The summed E-state index contributed by atoms with van der Waals surface area (Å²) in [6.07, 6.45) is 3.34. The van der Waals surface area contributed by atoms with Crippen molar-refractivity contribution in [1.29, 1.82) is 0 Å². The van der Waals surface area contributed by atoms with Crippen LogP contribution in [0.3, 0.4) is 0 Å². The van der Waals surface area contributed by atoms with Gasteiger partial charge in [0.25, 0.3) is 0 Å². The largest absolute Gasteiger partial charge is 0.361 e. The molecule has 2 aromatic rings. The Kier molecular flexibility index (Phi) is 3.19. The Balaban J connectivity index is 1.86. The fourth-order valence-electron chi connectivity index (χ4n) is 4.21. The number of aromatic nitrogens is 1. The van der Waals surface area contributed by atoms with E-state index in [9.17, 15) is 4.79 Å². The van der Waals surface area contributed by atoms with Crippen molar-refractivity contribution in [3.63, 3.8) is 0 Å². The summed E-state index contributed by atoms with van der Waals surface area (Å²) in [5.41, 5.74) is 4.02. The van der Waals surface area contributed by atoms with Crippen LogP contribution in [-0.4, -0.2) is 53.4 Å². The average Bonchev–Trinajstić information content (AvgIpc) is 2.92. The van der Waals surface area contributed by atoms with E-state index < -0.39 is 0 Å². The number of carbonyl (C=O) groups is 1. The van der Waals surface area contributed by atoms with Crippen molar-refractivity contribution in [1.82, 2.24) is 14.8 Å². The van der Waals surface area contributed by atoms with Crippen LogP contribution in [0.25, 0.3) is 16.5 Å². The predicted octanol–water partition coefficient (Wildman–Crippen LogP) is 2.91. The average molecular weight is 325 g/mol. The van der Waals surface area contributed by atoms with Gasteiger partial charge in [0.05, 0.1) is 8.66 Å². The van der Waals surface area contributed by atoms with Gasteiger partial charge in [-0.2, -0.15) is 0 Å². The van der Waals surface area contributed by atoms with Crippen LogP contribution in [0.15, 0.2) is 30.4 Å². The first-order valence-corrected chi connectivity index (χ1v) is 8.77. The van der Waals surface area contributed by atoms with Gasteiger partial charge in [0.15, 0.2) is 0 Å². The Bertz CT molecular complexity index is 913. The number of fused-ring (bicyclic) bond motifs is 2. The van der Waals surface area contributed by atoms with Crippen LogP contribution in [-0.2, 0) is 11.2 Å². The maximum Gasteiger partial charge on any atom is 0.230 e. The molecule has 0 saturated heterocycles. The number of hydrogen-bond donors (Lipinski definition) is 1. The van der Waals surface area contributed by atoms with E-state index in [-0.39, 0.29) is 17.9 Å². The van der Waals surface area contributed by atoms with Gasteiger partial charge in [0.1, 0.15) is 0 Å². The highest BCUT2D eigenvalue weighted by Gasteiger charge is 2.36. The highest BCUT2D eigenvalue weighted by atomic mass is 16.2. The maximum atomic E-state index is 12.9. The molecular weight excluding hydrogens is 298 g/mol. The second kappa shape index (κ2) is 5.78. The number of carbonyl (C=O) groups excluding carboxylic acids is 1. The van der Waals surface area contributed by atoms with Gasteiger partial charge >= 0.3 is 0 Å². The van der Waals surface area contributed by atoms with Gasteiger partial charge in [-0.05, 0) is 50.1 Å². The standard InChI is InChI=1S/C20H25N3O/c1-4-23(5-2)20(24)14-9-16-15-7-6-8-17-19(15)13(11-21-17)10-18(16)22(3)12-14/h6-9,11,14,18,21H,4-5,10,12H2,1-3H3/t14-,18-/m1/s1/i6D,11D. The molecule has 1 N–H and O–H groups in total. The summed E-state index contributed by atoms with van der Waals surface area (Å²) in [4.78, 5) is 20.2. The zero-order valence-electron chi connectivity index (χ0n) is 16.5. The number of H-pyrrole nitrogens is 1. The zero-order valence-corrected chi connectivity index (χ0v) is 14.5. The zero-order chi connectivity index (χ0) is 18.6. The molecule has 2 heterocycles. The van der Waals surface area contributed by atoms with Crippen LogP contribution in [0, 0.1) is 5.92 Å². The second-order valence-electron chi connectivity index (χ2n) is 6.78. The van der Waals surface area contributed by atoms with Crippen LogP contribution in [0.2, 0.25) is 0 Å². The lowest BCUT2D eigenvalue weighted by Gasteiger charge is -2.40. The van der Waals surface area contributed by atoms with Gasteiger partial charge in [0, 0.05) is 42.8 Å². The summed E-state index contributed by atoms with van der Waals surface area (Å²) in [5, 5.41) is 1.05. The lowest BCUT2D eigenvalue weighted by Crippen LogP contribution is -2.47. The topological polar surface area (TPSA) is 39.3 Å². The van der Waals surface area contributed by atoms with Gasteiger partial charge < -0.3 is 9.88 Å². The molecule has 1 amide bonds. The Morgan fingerprint density at radius 3 is 2.96 bits per heavy atom. The third kappa shape index (κ3) is 2.20. The van der Waals surface area contributed by atoms with Crippen molar-refractivity contribution in [2.45, 2.75) is 26.3 Å². The summed E-state index contributed by atoms with van der Waals surface area (Å²) in [7, 11) is 2.06. The lowest BCUT2D eigenvalue weighted by atomic mass is 9.79. The van der Waals surface area contributed by atoms with Crippen LogP contribution < -0.4 is 0 Å². The number of hydrogen-bond acceptors (Lipinski definition) is 2. The molecule has 126 valence electrons. The molecule has 0 fully saturated rings. The smallest absolute Gasteiger partial charge is 0.230 e. The minimum atomic E-state index is -0.161. The fraction of sp³-hybridized carbons (Fsp3) is 0.450. The molecule has 1 aromatic carbocycles. The van der Waals surface area contributed by atoms with Crippen LogP contribution in [0.4, 0.5) is 0 Å². The molecule has 2 aliphatic rings. The highest BCUT2D eigenvalue weighted by Crippen LogP contribution is 2.40. The Labute approximate surface area is 145 Å². The van der Waals surface area contributed by atoms with E-state index in [1.54, 1.807) is 6.07 Å². The van der Waals surface area contributed by atoms with Gasteiger partial charge in [-0.1, -0.05) is 18.2 Å². The SMILES string of the molecule is [2H]c1cc2c3c(c([2H])[nH]c3c1)C[C@@H]1C2=C[C@@H](C(=O)N(CC)CC)CN1C. The van der Waals surface area contributed by atoms with Gasteiger partial charge in [-0.3, -0.25) is 9.69 Å². The van der Waals surface area contributed by atoms with E-state index in [0.717, 1.165) is 47.1 Å². The third-order valence-corrected chi connectivity index (χ3v) is 5.50. The molecule has 0 saturated carbocycles. The summed E-state index contributed by atoms with van der Waals surface area (Å²) in [6.45, 7) is 6.16. The molecule has 4 nitrogen and oxygen atoms in total. The monoisotopic (exact) mass is 325 g/mol. The van der Waals surface area contributed by atoms with Gasteiger partial charge in [0.2, 0.25) is 5.91 Å². The molecule has 4 rings (SSSR count). The number of rotatable bonds is 3. The number of aromatic amines is 1. The summed E-state index contributed by atoms with van der Waals surface area (Å²) in [5.74, 6) is 0.0127. The van der Waals surface area contributed by atoms with Crippen molar-refractivity contribution in [2.24, 2.45) is 5.92 Å². The molecule has 0 unspecified atom stereocenters. The first kappa shape index (κ1) is 13.2. The maximum absolute atomic E-state index is 12.9. The summed E-state index contributed by atoms with van der Waals surface area (Å²) in [6, 6.07) is 4.26. The molecule has 0 spiro atoms. The van der Waals surface area contributed by atoms with E-state index >= 15 is 0 Å². The molecule has 4 heteroatoms. The van der Waals surface area contributed by atoms with Crippen LogP contribution >= 0.6 is 0 Å². The normalized spacial score (nSPS) is 24.2. The molecule has 0 bridgehead atoms. The number of amides is 1. The van der Waals surface area contributed by atoms with Crippen molar-refractivity contribution in [3.8, 4) is 0 Å². The summed E-state index contributed by atoms with van der Waals surface area (Å²) >= 11 is 0. The third-order valence-electron chi connectivity index (χ3n) is 5.50. The molecule has 2 atom stereocenters. The highest BCUT2D eigenvalue weighted by molar-refractivity contribution is 5.99. The van der Waals surface area contributed by atoms with Crippen molar-refractivity contribution in [3.05, 3.63) is 41.6 Å². The number of nitrogens with zero attached hydrogens (tertiary/aromatic N) is 2. The molecular formula is C20H25N3O. The Morgan fingerprint density at radius 1 is 1.42 bits per heavy atom. The fourth-order valence-corrected chi connectivity index (χ4v) is 4.21. The quantitative estimate of drug-likeness (QED) is 0.942. The minimum absolute atomic E-state index is 0.160. The number of benzene rings is 1. The molecule has 1 aliphatic carbocycles. The molecule has 1 aromatic heterocycles.